The standard InChI is InChI=1S/C6H11NO2/c1-4-5(7)2-3-6(8)9-4/h4-5H,2-3,7H2,1H3. The third-order valence-electron chi connectivity index (χ3n) is 1.60. The molecule has 0 spiro atoms. The quantitative estimate of drug-likeness (QED) is 0.470. The van der Waals surface area contributed by atoms with Crippen LogP contribution in [0.25, 0.3) is 0 Å². The number of ether oxygens (including phenoxy) is 1. The van der Waals surface area contributed by atoms with Crippen molar-refractivity contribution < 1.29 is 9.53 Å². The Kier molecular flexibility index (Phi) is 1.71. The number of cyclic esters (lactones) is 1. The molecule has 1 fully saturated rings. The van der Waals surface area contributed by atoms with Crippen molar-refractivity contribution in [1.29, 1.82) is 0 Å². The van der Waals surface area contributed by atoms with Gasteiger partial charge in [-0.1, -0.05) is 0 Å². The van der Waals surface area contributed by atoms with Crippen LogP contribution in [0.4, 0.5) is 0 Å². The van der Waals surface area contributed by atoms with Gasteiger partial charge in [-0.05, 0) is 13.3 Å². The lowest BCUT2D eigenvalue weighted by atomic mass is 10.1. The van der Waals surface area contributed by atoms with Crippen molar-refractivity contribution in [3.8, 4) is 0 Å². The molecule has 0 aromatic rings. The van der Waals surface area contributed by atoms with Gasteiger partial charge in [0.2, 0.25) is 0 Å². The summed E-state index contributed by atoms with van der Waals surface area (Å²) < 4.78 is 4.83. The molecule has 0 saturated carbocycles. The number of nitrogens with two attached hydrogens (primary N) is 1. The molecule has 0 radical (unpaired) electrons. The van der Waals surface area contributed by atoms with Gasteiger partial charge in [0.05, 0.1) is 0 Å². The normalized spacial score (nSPS) is 36.0. The van der Waals surface area contributed by atoms with Gasteiger partial charge in [0, 0.05) is 12.5 Å². The summed E-state index contributed by atoms with van der Waals surface area (Å²) in [6.07, 6.45) is 1.15. The molecule has 3 heteroatoms. The Labute approximate surface area is 54.2 Å². The van der Waals surface area contributed by atoms with E-state index in [1.165, 1.54) is 0 Å². The lowest BCUT2D eigenvalue weighted by Crippen LogP contribution is -2.40. The Bertz CT molecular complexity index is 124. The molecule has 2 N–H and O–H groups in total. The summed E-state index contributed by atoms with van der Waals surface area (Å²) in [6, 6.07) is 0.0442. The average Bonchev–Trinajstić information content (AvgIpc) is 1.80. The smallest absolute Gasteiger partial charge is 0.306 e. The van der Waals surface area contributed by atoms with Crippen molar-refractivity contribution in [2.24, 2.45) is 5.73 Å². The highest BCUT2D eigenvalue weighted by atomic mass is 16.5. The predicted octanol–water partition coefficient (Wildman–Crippen LogP) is 0.0392. The second-order valence-corrected chi connectivity index (χ2v) is 2.40. The Morgan fingerprint density at radius 3 is 2.89 bits per heavy atom. The Morgan fingerprint density at radius 2 is 2.44 bits per heavy atom. The molecule has 1 aliphatic heterocycles. The van der Waals surface area contributed by atoms with Crippen LogP contribution in [0.5, 0.6) is 0 Å². The maximum atomic E-state index is 10.5. The minimum absolute atomic E-state index is 0.0442. The molecule has 0 aliphatic carbocycles. The van der Waals surface area contributed by atoms with E-state index in [-0.39, 0.29) is 18.1 Å². The summed E-state index contributed by atoms with van der Waals surface area (Å²) in [5.41, 5.74) is 5.56. The van der Waals surface area contributed by atoms with E-state index < -0.39 is 0 Å². The Hall–Kier alpha value is -0.570. The van der Waals surface area contributed by atoms with Gasteiger partial charge in [0.25, 0.3) is 0 Å². The molecule has 0 bridgehead atoms. The van der Waals surface area contributed by atoms with E-state index in [4.69, 9.17) is 10.5 Å². The summed E-state index contributed by atoms with van der Waals surface area (Å²) in [5, 5.41) is 0. The SMILES string of the molecule is CC1OC(=O)CCC1N. The molecule has 9 heavy (non-hydrogen) atoms. The number of hydrogen-bond donors (Lipinski definition) is 1. The summed E-state index contributed by atoms with van der Waals surface area (Å²) in [5.74, 6) is -0.121. The number of rotatable bonds is 0. The molecule has 3 nitrogen and oxygen atoms in total. The van der Waals surface area contributed by atoms with Crippen LogP contribution in [0.1, 0.15) is 19.8 Å². The maximum absolute atomic E-state index is 10.5. The van der Waals surface area contributed by atoms with Crippen LogP contribution in [0, 0.1) is 0 Å². The highest BCUT2D eigenvalue weighted by Gasteiger charge is 2.23. The van der Waals surface area contributed by atoms with Crippen LogP contribution in [-0.2, 0) is 9.53 Å². The minimum atomic E-state index is -0.121. The summed E-state index contributed by atoms with van der Waals surface area (Å²) >= 11 is 0. The molecule has 1 rings (SSSR count). The van der Waals surface area contributed by atoms with E-state index >= 15 is 0 Å². The number of esters is 1. The minimum Gasteiger partial charge on any atom is -0.461 e. The number of hydrogen-bond acceptors (Lipinski definition) is 3. The van der Waals surface area contributed by atoms with E-state index in [1.54, 1.807) is 0 Å². The molecule has 2 unspecified atom stereocenters. The van der Waals surface area contributed by atoms with E-state index in [1.807, 2.05) is 6.92 Å². The van der Waals surface area contributed by atoms with E-state index in [0.717, 1.165) is 6.42 Å². The lowest BCUT2D eigenvalue weighted by Gasteiger charge is -2.24. The van der Waals surface area contributed by atoms with Crippen molar-refractivity contribution in [1.82, 2.24) is 0 Å². The molecule has 1 saturated heterocycles. The maximum Gasteiger partial charge on any atom is 0.306 e. The van der Waals surface area contributed by atoms with Crippen molar-refractivity contribution in [3.05, 3.63) is 0 Å². The topological polar surface area (TPSA) is 52.3 Å². The number of carbonyl (C=O) groups excluding carboxylic acids is 1. The van der Waals surface area contributed by atoms with Gasteiger partial charge in [0.1, 0.15) is 6.10 Å². The van der Waals surface area contributed by atoms with Crippen molar-refractivity contribution in [2.75, 3.05) is 0 Å². The van der Waals surface area contributed by atoms with E-state index in [0.29, 0.717) is 6.42 Å². The van der Waals surface area contributed by atoms with Gasteiger partial charge in [-0.15, -0.1) is 0 Å². The van der Waals surface area contributed by atoms with Gasteiger partial charge in [-0.25, -0.2) is 0 Å². The molecule has 1 heterocycles. The number of carbonyl (C=O) groups is 1. The first kappa shape index (κ1) is 6.55. The second kappa shape index (κ2) is 2.35. The first-order valence-electron chi connectivity index (χ1n) is 3.15. The molecule has 1 aliphatic rings. The zero-order chi connectivity index (χ0) is 6.85. The summed E-state index contributed by atoms with van der Waals surface area (Å²) in [7, 11) is 0. The second-order valence-electron chi connectivity index (χ2n) is 2.40. The van der Waals surface area contributed by atoms with E-state index in [9.17, 15) is 4.79 Å². The van der Waals surface area contributed by atoms with Crippen LogP contribution in [0.3, 0.4) is 0 Å². The van der Waals surface area contributed by atoms with Gasteiger partial charge in [0.15, 0.2) is 0 Å². The highest BCUT2D eigenvalue weighted by molar-refractivity contribution is 5.70. The zero-order valence-electron chi connectivity index (χ0n) is 5.46. The average molecular weight is 129 g/mol. The van der Waals surface area contributed by atoms with Gasteiger partial charge < -0.3 is 10.5 Å². The zero-order valence-corrected chi connectivity index (χ0v) is 5.46. The van der Waals surface area contributed by atoms with Crippen LogP contribution in [0.15, 0.2) is 0 Å². The fourth-order valence-electron chi connectivity index (χ4n) is 0.873. The third-order valence-corrected chi connectivity index (χ3v) is 1.60. The molecule has 52 valence electrons. The summed E-state index contributed by atoms with van der Waals surface area (Å²) in [4.78, 5) is 10.5. The van der Waals surface area contributed by atoms with Crippen molar-refractivity contribution >= 4 is 5.97 Å². The molecular formula is C6H11NO2. The van der Waals surface area contributed by atoms with Crippen LogP contribution in [0.2, 0.25) is 0 Å². The van der Waals surface area contributed by atoms with E-state index in [2.05, 4.69) is 0 Å². The molecule has 0 aromatic heterocycles. The first-order valence-corrected chi connectivity index (χ1v) is 3.15. The Morgan fingerprint density at radius 1 is 1.78 bits per heavy atom. The molecule has 0 aromatic carbocycles. The third kappa shape index (κ3) is 1.42. The van der Waals surface area contributed by atoms with Crippen LogP contribution < -0.4 is 5.73 Å². The van der Waals surface area contributed by atoms with Crippen LogP contribution >= 0.6 is 0 Å². The molecule has 2 atom stereocenters. The fourth-order valence-corrected chi connectivity index (χ4v) is 0.873. The first-order chi connectivity index (χ1) is 4.20. The van der Waals surface area contributed by atoms with Gasteiger partial charge in [-0.3, -0.25) is 4.79 Å². The largest absolute Gasteiger partial charge is 0.461 e. The summed E-state index contributed by atoms with van der Waals surface area (Å²) in [6.45, 7) is 1.82. The fraction of sp³-hybridized carbons (Fsp3) is 0.833. The molecular weight excluding hydrogens is 118 g/mol. The highest BCUT2D eigenvalue weighted by Crippen LogP contribution is 2.11. The monoisotopic (exact) mass is 129 g/mol. The van der Waals surface area contributed by atoms with Crippen molar-refractivity contribution in [2.45, 2.75) is 31.9 Å². The Balaban J connectivity index is 2.44. The van der Waals surface area contributed by atoms with Gasteiger partial charge >= 0.3 is 5.97 Å². The lowest BCUT2D eigenvalue weighted by molar-refractivity contribution is -0.153. The van der Waals surface area contributed by atoms with Crippen LogP contribution in [-0.4, -0.2) is 18.1 Å². The van der Waals surface area contributed by atoms with Gasteiger partial charge in [-0.2, -0.15) is 0 Å². The van der Waals surface area contributed by atoms with Crippen molar-refractivity contribution in [3.63, 3.8) is 0 Å². The molecule has 0 amide bonds. The predicted molar refractivity (Wildman–Crippen MR) is 32.8 cm³/mol.